The zero-order valence-corrected chi connectivity index (χ0v) is 13.5. The van der Waals surface area contributed by atoms with Gasteiger partial charge in [0.25, 0.3) is 5.91 Å². The van der Waals surface area contributed by atoms with E-state index in [-0.39, 0.29) is 17.7 Å². The maximum Gasteiger partial charge on any atom is 0.305 e. The van der Waals surface area contributed by atoms with Crippen molar-refractivity contribution < 1.29 is 19.1 Å². The summed E-state index contributed by atoms with van der Waals surface area (Å²) < 4.78 is 4.88. The number of carbonyl (C=O) groups excluding carboxylic acids is 1. The van der Waals surface area contributed by atoms with Gasteiger partial charge < -0.3 is 14.8 Å². The number of hydrogen-bond acceptors (Lipinski definition) is 3. The molecular formula is C18H21NO4. The van der Waals surface area contributed by atoms with E-state index in [9.17, 15) is 9.59 Å². The molecule has 1 aromatic heterocycles. The van der Waals surface area contributed by atoms with Crippen LogP contribution in [0, 0.1) is 0 Å². The largest absolute Gasteiger partial charge is 0.481 e. The molecule has 5 heteroatoms. The van der Waals surface area contributed by atoms with E-state index in [2.05, 4.69) is 26.1 Å². The zero-order chi connectivity index (χ0) is 17.0. The predicted octanol–water partition coefficient (Wildman–Crippen LogP) is 3.52. The van der Waals surface area contributed by atoms with Crippen LogP contribution in [0.2, 0.25) is 0 Å². The molecule has 0 bridgehead atoms. The van der Waals surface area contributed by atoms with E-state index in [1.54, 1.807) is 0 Å². The first kappa shape index (κ1) is 16.8. The molecule has 0 saturated heterocycles. The van der Waals surface area contributed by atoms with Crippen LogP contribution < -0.4 is 5.32 Å². The predicted molar refractivity (Wildman–Crippen MR) is 86.3 cm³/mol. The normalized spacial score (nSPS) is 12.7. The number of benzene rings is 1. The molecule has 2 N–H and O–H groups in total. The Labute approximate surface area is 135 Å². The monoisotopic (exact) mass is 315 g/mol. The van der Waals surface area contributed by atoms with Crippen molar-refractivity contribution in [2.24, 2.45) is 0 Å². The van der Waals surface area contributed by atoms with Crippen molar-refractivity contribution in [3.8, 4) is 0 Å². The summed E-state index contributed by atoms with van der Waals surface area (Å²) >= 11 is 0. The van der Waals surface area contributed by atoms with Crippen molar-refractivity contribution in [1.82, 2.24) is 5.32 Å². The molecule has 0 fully saturated rings. The van der Waals surface area contributed by atoms with Gasteiger partial charge in [0.1, 0.15) is 6.26 Å². The highest BCUT2D eigenvalue weighted by atomic mass is 16.4. The number of carboxylic acids is 1. The molecule has 1 atom stereocenters. The van der Waals surface area contributed by atoms with Crippen molar-refractivity contribution in [3.05, 3.63) is 59.5 Å². The SMILES string of the molecule is CC(C)(C)c1ccc(C(CC(=O)O)NC(=O)c2ccoc2)cc1. The minimum atomic E-state index is -0.970. The highest BCUT2D eigenvalue weighted by Gasteiger charge is 2.20. The molecule has 0 aliphatic carbocycles. The van der Waals surface area contributed by atoms with Crippen molar-refractivity contribution in [3.63, 3.8) is 0 Å². The minimum absolute atomic E-state index is 0.0147. The van der Waals surface area contributed by atoms with Crippen molar-refractivity contribution in [1.29, 1.82) is 0 Å². The summed E-state index contributed by atoms with van der Waals surface area (Å²) in [5, 5.41) is 11.8. The van der Waals surface area contributed by atoms with Gasteiger partial charge in [-0.3, -0.25) is 9.59 Å². The standard InChI is InChI=1S/C18H21NO4/c1-18(2,3)14-6-4-12(5-7-14)15(10-16(20)21)19-17(22)13-8-9-23-11-13/h4-9,11,15H,10H2,1-3H3,(H,19,22)(H,20,21). The Bertz CT molecular complexity index is 666. The molecule has 0 spiro atoms. The second kappa shape index (κ2) is 6.69. The van der Waals surface area contributed by atoms with E-state index in [0.717, 1.165) is 11.1 Å². The molecule has 0 saturated carbocycles. The third-order valence-electron chi connectivity index (χ3n) is 3.65. The number of nitrogens with one attached hydrogen (secondary N) is 1. The van der Waals surface area contributed by atoms with Gasteiger partial charge in [0.15, 0.2) is 0 Å². The van der Waals surface area contributed by atoms with Crippen LogP contribution in [0.4, 0.5) is 0 Å². The molecule has 2 rings (SSSR count). The molecule has 122 valence electrons. The Morgan fingerprint density at radius 2 is 1.83 bits per heavy atom. The summed E-state index contributed by atoms with van der Waals surface area (Å²) in [6.45, 7) is 6.33. The van der Waals surface area contributed by atoms with Gasteiger partial charge in [-0.05, 0) is 22.6 Å². The van der Waals surface area contributed by atoms with Crippen LogP contribution in [0.3, 0.4) is 0 Å². The van der Waals surface area contributed by atoms with Gasteiger partial charge in [-0.2, -0.15) is 0 Å². The zero-order valence-electron chi connectivity index (χ0n) is 13.5. The molecule has 0 radical (unpaired) electrons. The summed E-state index contributed by atoms with van der Waals surface area (Å²) in [6, 6.07) is 8.61. The summed E-state index contributed by atoms with van der Waals surface area (Å²) in [4.78, 5) is 23.2. The third kappa shape index (κ3) is 4.45. The van der Waals surface area contributed by atoms with Gasteiger partial charge in [-0.1, -0.05) is 45.0 Å². The van der Waals surface area contributed by atoms with Gasteiger partial charge >= 0.3 is 5.97 Å². The Kier molecular flexibility index (Phi) is 4.89. The molecule has 5 nitrogen and oxygen atoms in total. The average Bonchev–Trinajstić information content (AvgIpc) is 2.99. The third-order valence-corrected chi connectivity index (χ3v) is 3.65. The molecule has 0 aliphatic rings. The van der Waals surface area contributed by atoms with Gasteiger partial charge in [-0.25, -0.2) is 0 Å². The number of rotatable bonds is 5. The van der Waals surface area contributed by atoms with E-state index in [1.165, 1.54) is 18.6 Å². The van der Waals surface area contributed by atoms with Crippen LogP contribution in [-0.4, -0.2) is 17.0 Å². The van der Waals surface area contributed by atoms with Crippen LogP contribution >= 0.6 is 0 Å². The maximum absolute atomic E-state index is 12.1. The Morgan fingerprint density at radius 3 is 2.30 bits per heavy atom. The van der Waals surface area contributed by atoms with Crippen LogP contribution in [-0.2, 0) is 10.2 Å². The molecule has 1 amide bonds. The average molecular weight is 315 g/mol. The molecule has 0 aliphatic heterocycles. The first-order chi connectivity index (χ1) is 10.8. The Balaban J connectivity index is 2.21. The fraction of sp³-hybridized carbons (Fsp3) is 0.333. The van der Waals surface area contributed by atoms with E-state index < -0.39 is 12.0 Å². The number of hydrogen-bond donors (Lipinski definition) is 2. The lowest BCUT2D eigenvalue weighted by Crippen LogP contribution is -2.30. The van der Waals surface area contributed by atoms with E-state index in [4.69, 9.17) is 9.52 Å². The van der Waals surface area contributed by atoms with Crippen molar-refractivity contribution in [2.75, 3.05) is 0 Å². The smallest absolute Gasteiger partial charge is 0.305 e. The van der Waals surface area contributed by atoms with E-state index in [0.29, 0.717) is 5.56 Å². The van der Waals surface area contributed by atoms with Crippen LogP contribution in [0.25, 0.3) is 0 Å². The van der Waals surface area contributed by atoms with Gasteiger partial charge in [0, 0.05) is 0 Å². The van der Waals surface area contributed by atoms with E-state index >= 15 is 0 Å². The number of amides is 1. The lowest BCUT2D eigenvalue weighted by atomic mass is 9.86. The number of carbonyl (C=O) groups is 2. The lowest BCUT2D eigenvalue weighted by Gasteiger charge is -2.21. The van der Waals surface area contributed by atoms with Crippen LogP contribution in [0.1, 0.15) is 54.7 Å². The summed E-state index contributed by atoms with van der Waals surface area (Å²) in [7, 11) is 0. The van der Waals surface area contributed by atoms with Gasteiger partial charge in [0.2, 0.25) is 0 Å². The highest BCUT2D eigenvalue weighted by Crippen LogP contribution is 2.25. The summed E-state index contributed by atoms with van der Waals surface area (Å²) in [6.07, 6.45) is 2.55. The van der Waals surface area contributed by atoms with Gasteiger partial charge in [-0.15, -0.1) is 0 Å². The second-order valence-corrected chi connectivity index (χ2v) is 6.51. The Hall–Kier alpha value is -2.56. The van der Waals surface area contributed by atoms with Gasteiger partial charge in [0.05, 0.1) is 24.3 Å². The maximum atomic E-state index is 12.1. The quantitative estimate of drug-likeness (QED) is 0.884. The lowest BCUT2D eigenvalue weighted by molar-refractivity contribution is -0.137. The first-order valence-electron chi connectivity index (χ1n) is 7.42. The topological polar surface area (TPSA) is 79.5 Å². The fourth-order valence-electron chi connectivity index (χ4n) is 2.28. The molecule has 1 aromatic carbocycles. The van der Waals surface area contributed by atoms with Crippen molar-refractivity contribution >= 4 is 11.9 Å². The molecule has 1 heterocycles. The van der Waals surface area contributed by atoms with E-state index in [1.807, 2.05) is 24.3 Å². The number of furan rings is 1. The summed E-state index contributed by atoms with van der Waals surface area (Å²) in [5.74, 6) is -1.33. The second-order valence-electron chi connectivity index (χ2n) is 6.51. The molecule has 2 aromatic rings. The fourth-order valence-corrected chi connectivity index (χ4v) is 2.28. The summed E-state index contributed by atoms with van der Waals surface area (Å²) in [5.41, 5.74) is 2.29. The number of aliphatic carboxylic acids is 1. The minimum Gasteiger partial charge on any atom is -0.481 e. The molecular weight excluding hydrogens is 294 g/mol. The van der Waals surface area contributed by atoms with Crippen LogP contribution in [0.5, 0.6) is 0 Å². The molecule has 1 unspecified atom stereocenters. The first-order valence-corrected chi connectivity index (χ1v) is 7.42. The molecule has 23 heavy (non-hydrogen) atoms. The number of carboxylic acid groups (broad SMARTS) is 1. The Morgan fingerprint density at radius 1 is 1.17 bits per heavy atom. The highest BCUT2D eigenvalue weighted by molar-refractivity contribution is 5.94. The van der Waals surface area contributed by atoms with Crippen molar-refractivity contribution in [2.45, 2.75) is 38.6 Å². The van der Waals surface area contributed by atoms with Crippen LogP contribution in [0.15, 0.2) is 47.3 Å².